The topological polar surface area (TPSA) is 26.3 Å². The number of benzene rings is 1. The molecule has 3 heteroatoms. The highest BCUT2D eigenvalue weighted by Gasteiger charge is 2.04. The van der Waals surface area contributed by atoms with E-state index in [-0.39, 0.29) is 5.97 Å². The third-order valence-electron chi connectivity index (χ3n) is 1.49. The van der Waals surface area contributed by atoms with Gasteiger partial charge in [-0.1, -0.05) is 6.07 Å². The lowest BCUT2D eigenvalue weighted by molar-refractivity contribution is 0.0600. The maximum Gasteiger partial charge on any atom is 0.337 e. The maximum absolute atomic E-state index is 11.1. The quantitative estimate of drug-likeness (QED) is 0.518. The number of carbonyl (C=O) groups excluding carboxylic acids is 1. The second kappa shape index (κ2) is 4.16. The van der Waals surface area contributed by atoms with Gasteiger partial charge in [0.05, 0.1) is 12.7 Å². The molecule has 1 aromatic carbocycles. The van der Waals surface area contributed by atoms with Crippen LogP contribution in [0, 0.1) is 0 Å². The molecule has 2 nitrogen and oxygen atoms in total. The smallest absolute Gasteiger partial charge is 0.337 e. The monoisotopic (exact) mass is 182 g/mol. The van der Waals surface area contributed by atoms with Crippen molar-refractivity contribution in [3.05, 3.63) is 29.8 Å². The molecule has 0 bridgehead atoms. The van der Waals surface area contributed by atoms with E-state index in [2.05, 4.69) is 4.74 Å². The van der Waals surface area contributed by atoms with E-state index in [1.54, 1.807) is 17.8 Å². The van der Waals surface area contributed by atoms with E-state index in [0.717, 1.165) is 4.90 Å². The molecule has 0 aliphatic carbocycles. The maximum atomic E-state index is 11.1. The van der Waals surface area contributed by atoms with Crippen LogP contribution in [0.25, 0.3) is 0 Å². The summed E-state index contributed by atoms with van der Waals surface area (Å²) in [5, 5.41) is 0. The van der Waals surface area contributed by atoms with Gasteiger partial charge in [-0.2, -0.15) is 0 Å². The number of thioether (sulfide) groups is 1. The van der Waals surface area contributed by atoms with Gasteiger partial charge in [-0.05, 0) is 24.5 Å². The lowest BCUT2D eigenvalue weighted by Gasteiger charge is -2.00. The van der Waals surface area contributed by atoms with Crippen LogP contribution in [0.3, 0.4) is 0 Å². The summed E-state index contributed by atoms with van der Waals surface area (Å²) in [4.78, 5) is 12.1. The second-order valence-electron chi connectivity index (χ2n) is 2.22. The first-order chi connectivity index (χ1) is 5.77. The Morgan fingerprint density at radius 1 is 1.50 bits per heavy atom. The Bertz CT molecular complexity index is 284. The SMILES string of the molecule is COC(=O)c1cccc(SC)c1. The molecule has 0 N–H and O–H groups in total. The van der Waals surface area contributed by atoms with Crippen LogP contribution in [0.4, 0.5) is 0 Å². The number of carbonyl (C=O) groups is 1. The van der Waals surface area contributed by atoms with Crippen LogP contribution < -0.4 is 0 Å². The number of methoxy groups -OCH3 is 1. The lowest BCUT2D eigenvalue weighted by atomic mass is 10.2. The highest BCUT2D eigenvalue weighted by Crippen LogP contribution is 2.15. The molecular weight excluding hydrogens is 172 g/mol. The summed E-state index contributed by atoms with van der Waals surface area (Å²) in [6.07, 6.45) is 1.97. The van der Waals surface area contributed by atoms with Crippen molar-refractivity contribution < 1.29 is 9.53 Å². The summed E-state index contributed by atoms with van der Waals surface area (Å²) < 4.78 is 4.59. The van der Waals surface area contributed by atoms with E-state index in [4.69, 9.17) is 0 Å². The predicted octanol–water partition coefficient (Wildman–Crippen LogP) is 2.20. The van der Waals surface area contributed by atoms with Crippen LogP contribution in [-0.4, -0.2) is 19.3 Å². The molecule has 0 saturated carbocycles. The van der Waals surface area contributed by atoms with Gasteiger partial charge < -0.3 is 4.74 Å². The Morgan fingerprint density at radius 2 is 2.25 bits per heavy atom. The zero-order valence-electron chi connectivity index (χ0n) is 7.03. The van der Waals surface area contributed by atoms with Crippen molar-refractivity contribution in [2.24, 2.45) is 0 Å². The van der Waals surface area contributed by atoms with Gasteiger partial charge in [0.15, 0.2) is 0 Å². The van der Waals surface area contributed by atoms with Gasteiger partial charge in [-0.25, -0.2) is 4.79 Å². The number of rotatable bonds is 2. The summed E-state index contributed by atoms with van der Waals surface area (Å²) >= 11 is 1.60. The first-order valence-electron chi connectivity index (χ1n) is 3.50. The standard InChI is InChI=1S/C9H10O2S/c1-11-9(10)7-4-3-5-8(6-7)12-2/h3-6H,1-2H3. The Balaban J connectivity index is 2.93. The Morgan fingerprint density at radius 3 is 2.83 bits per heavy atom. The summed E-state index contributed by atoms with van der Waals surface area (Å²) in [5.74, 6) is -0.286. The summed E-state index contributed by atoms with van der Waals surface area (Å²) in [6.45, 7) is 0. The Hall–Kier alpha value is -0.960. The van der Waals surface area contributed by atoms with Crippen LogP contribution in [0.2, 0.25) is 0 Å². The van der Waals surface area contributed by atoms with Crippen molar-refractivity contribution in [1.82, 2.24) is 0 Å². The zero-order chi connectivity index (χ0) is 8.97. The molecule has 0 aliphatic heterocycles. The van der Waals surface area contributed by atoms with E-state index in [9.17, 15) is 4.79 Å². The number of hydrogen-bond donors (Lipinski definition) is 0. The van der Waals surface area contributed by atoms with Crippen LogP contribution >= 0.6 is 11.8 Å². The molecule has 0 atom stereocenters. The number of esters is 1. The Labute approximate surface area is 75.9 Å². The fraction of sp³-hybridized carbons (Fsp3) is 0.222. The van der Waals surface area contributed by atoms with Gasteiger partial charge in [0.25, 0.3) is 0 Å². The van der Waals surface area contributed by atoms with Crippen LogP contribution in [0.1, 0.15) is 10.4 Å². The minimum absolute atomic E-state index is 0.286. The third-order valence-corrected chi connectivity index (χ3v) is 2.22. The first-order valence-corrected chi connectivity index (χ1v) is 4.72. The van der Waals surface area contributed by atoms with Crippen molar-refractivity contribution in [1.29, 1.82) is 0 Å². The first kappa shape index (κ1) is 9.13. The van der Waals surface area contributed by atoms with E-state index < -0.39 is 0 Å². The van der Waals surface area contributed by atoms with E-state index in [1.807, 2.05) is 24.5 Å². The van der Waals surface area contributed by atoms with Crippen molar-refractivity contribution >= 4 is 17.7 Å². The van der Waals surface area contributed by atoms with E-state index in [0.29, 0.717) is 5.56 Å². The molecule has 0 aromatic heterocycles. The molecule has 1 rings (SSSR count). The van der Waals surface area contributed by atoms with Gasteiger partial charge in [0, 0.05) is 4.90 Å². The van der Waals surface area contributed by atoms with E-state index in [1.165, 1.54) is 7.11 Å². The molecule has 0 heterocycles. The normalized spacial score (nSPS) is 9.50. The van der Waals surface area contributed by atoms with Crippen molar-refractivity contribution in [2.75, 3.05) is 13.4 Å². The predicted molar refractivity (Wildman–Crippen MR) is 49.6 cm³/mol. The van der Waals surface area contributed by atoms with Gasteiger partial charge in [0.1, 0.15) is 0 Å². The van der Waals surface area contributed by atoms with Gasteiger partial charge in [0.2, 0.25) is 0 Å². The van der Waals surface area contributed by atoms with Crippen LogP contribution in [0.15, 0.2) is 29.2 Å². The summed E-state index contributed by atoms with van der Waals surface area (Å²) in [6, 6.07) is 7.36. The zero-order valence-corrected chi connectivity index (χ0v) is 7.85. The molecule has 0 spiro atoms. The molecule has 0 radical (unpaired) electrons. The number of ether oxygens (including phenoxy) is 1. The Kier molecular flexibility index (Phi) is 3.17. The molecule has 0 aliphatic rings. The van der Waals surface area contributed by atoms with Crippen molar-refractivity contribution in [3.63, 3.8) is 0 Å². The van der Waals surface area contributed by atoms with Gasteiger partial charge >= 0.3 is 5.97 Å². The van der Waals surface area contributed by atoms with Gasteiger partial charge in [-0.3, -0.25) is 0 Å². The summed E-state index contributed by atoms with van der Waals surface area (Å²) in [7, 11) is 1.38. The summed E-state index contributed by atoms with van der Waals surface area (Å²) in [5.41, 5.74) is 0.601. The highest BCUT2D eigenvalue weighted by molar-refractivity contribution is 7.98. The van der Waals surface area contributed by atoms with Crippen molar-refractivity contribution in [3.8, 4) is 0 Å². The van der Waals surface area contributed by atoms with Crippen LogP contribution in [0.5, 0.6) is 0 Å². The molecule has 64 valence electrons. The molecule has 12 heavy (non-hydrogen) atoms. The highest BCUT2D eigenvalue weighted by atomic mass is 32.2. The minimum atomic E-state index is -0.286. The largest absolute Gasteiger partial charge is 0.465 e. The molecule has 0 amide bonds. The molecular formula is C9H10O2S. The fourth-order valence-electron chi connectivity index (χ4n) is 0.868. The second-order valence-corrected chi connectivity index (χ2v) is 3.10. The van der Waals surface area contributed by atoms with Crippen molar-refractivity contribution in [2.45, 2.75) is 4.90 Å². The lowest BCUT2D eigenvalue weighted by Crippen LogP contribution is -2.00. The molecule has 0 unspecified atom stereocenters. The molecule has 0 saturated heterocycles. The molecule has 0 fully saturated rings. The van der Waals surface area contributed by atoms with Gasteiger partial charge in [-0.15, -0.1) is 11.8 Å². The molecule has 1 aromatic rings. The average molecular weight is 182 g/mol. The average Bonchev–Trinajstić information content (AvgIpc) is 2.17. The third kappa shape index (κ3) is 2.01. The fourth-order valence-corrected chi connectivity index (χ4v) is 1.33. The van der Waals surface area contributed by atoms with E-state index >= 15 is 0 Å². The van der Waals surface area contributed by atoms with Crippen LogP contribution in [-0.2, 0) is 4.74 Å². The number of hydrogen-bond acceptors (Lipinski definition) is 3. The minimum Gasteiger partial charge on any atom is -0.465 e.